The van der Waals surface area contributed by atoms with Crippen LogP contribution in [0, 0.1) is 6.92 Å². The van der Waals surface area contributed by atoms with Crippen LogP contribution in [-0.2, 0) is 10.0 Å². The highest BCUT2D eigenvalue weighted by Crippen LogP contribution is 2.26. The monoisotopic (exact) mass is 338 g/mol. The van der Waals surface area contributed by atoms with Gasteiger partial charge >= 0.3 is 0 Å². The quantitative estimate of drug-likeness (QED) is 0.853. The van der Waals surface area contributed by atoms with Gasteiger partial charge < -0.3 is 4.90 Å². The van der Waals surface area contributed by atoms with Crippen LogP contribution >= 0.6 is 22.9 Å². The van der Waals surface area contributed by atoms with Crippen LogP contribution in [-0.4, -0.2) is 69.5 Å². The van der Waals surface area contributed by atoms with Crippen LogP contribution in [0.25, 0.3) is 0 Å². The minimum atomic E-state index is -3.50. The van der Waals surface area contributed by atoms with E-state index in [0.29, 0.717) is 12.2 Å². The van der Waals surface area contributed by atoms with Gasteiger partial charge in [0.1, 0.15) is 0 Å². The van der Waals surface area contributed by atoms with Gasteiger partial charge in [-0.25, -0.2) is 18.1 Å². The Labute approximate surface area is 128 Å². The maximum atomic E-state index is 12.1. The zero-order valence-corrected chi connectivity index (χ0v) is 14.0. The molecule has 1 aliphatic rings. The first-order chi connectivity index (χ1) is 9.38. The predicted octanol–water partition coefficient (Wildman–Crippen LogP) is 0.631. The van der Waals surface area contributed by atoms with Crippen LogP contribution in [0.3, 0.4) is 0 Å². The van der Waals surface area contributed by atoms with Gasteiger partial charge in [0.05, 0.1) is 5.69 Å². The lowest BCUT2D eigenvalue weighted by Crippen LogP contribution is -2.46. The minimum absolute atomic E-state index is 0.209. The Balaban J connectivity index is 1.85. The van der Waals surface area contributed by atoms with E-state index in [2.05, 4.69) is 26.6 Å². The molecule has 1 fully saturated rings. The molecule has 0 radical (unpaired) electrons. The van der Waals surface area contributed by atoms with E-state index in [1.165, 1.54) is 0 Å². The van der Waals surface area contributed by atoms with E-state index in [1.807, 2.05) is 0 Å². The molecule has 0 amide bonds. The summed E-state index contributed by atoms with van der Waals surface area (Å²) in [5.74, 6) is 0. The molecule has 2 heterocycles. The average Bonchev–Trinajstić information content (AvgIpc) is 2.72. The molecule has 6 nitrogen and oxygen atoms in total. The molecule has 0 aromatic carbocycles. The molecule has 20 heavy (non-hydrogen) atoms. The van der Waals surface area contributed by atoms with Gasteiger partial charge in [0.2, 0.25) is 0 Å². The van der Waals surface area contributed by atoms with Crippen molar-refractivity contribution < 1.29 is 8.42 Å². The van der Waals surface area contributed by atoms with E-state index in [9.17, 15) is 8.42 Å². The summed E-state index contributed by atoms with van der Waals surface area (Å²) in [6.45, 7) is 6.77. The molecular formula is C11H19ClN4O2S2. The summed E-state index contributed by atoms with van der Waals surface area (Å²) >= 11 is 6.73. The molecule has 1 saturated heterocycles. The Bertz CT molecular complexity index is 553. The molecule has 0 saturated carbocycles. The second-order valence-corrected chi connectivity index (χ2v) is 8.43. The van der Waals surface area contributed by atoms with Crippen LogP contribution in [0.2, 0.25) is 4.47 Å². The van der Waals surface area contributed by atoms with Gasteiger partial charge in [0.15, 0.2) is 8.68 Å². The molecule has 114 valence electrons. The van der Waals surface area contributed by atoms with E-state index in [-0.39, 0.29) is 8.68 Å². The van der Waals surface area contributed by atoms with Crippen molar-refractivity contribution in [3.8, 4) is 0 Å². The lowest BCUT2D eigenvalue weighted by Gasteiger charge is -2.32. The van der Waals surface area contributed by atoms with Crippen LogP contribution in [0.4, 0.5) is 0 Å². The third-order valence-electron chi connectivity index (χ3n) is 3.29. The molecule has 1 aromatic rings. The van der Waals surface area contributed by atoms with Crippen molar-refractivity contribution in [2.45, 2.75) is 11.1 Å². The van der Waals surface area contributed by atoms with E-state index < -0.39 is 10.0 Å². The van der Waals surface area contributed by atoms with E-state index in [0.717, 1.165) is 44.1 Å². The van der Waals surface area contributed by atoms with Gasteiger partial charge in [-0.2, -0.15) is 0 Å². The first kappa shape index (κ1) is 16.1. The highest BCUT2D eigenvalue weighted by Gasteiger charge is 2.21. The van der Waals surface area contributed by atoms with Gasteiger partial charge in [-0.3, -0.25) is 4.90 Å². The van der Waals surface area contributed by atoms with Crippen LogP contribution in [0.5, 0.6) is 0 Å². The minimum Gasteiger partial charge on any atom is -0.304 e. The summed E-state index contributed by atoms with van der Waals surface area (Å²) in [6.07, 6.45) is 0. The van der Waals surface area contributed by atoms with Gasteiger partial charge in [0, 0.05) is 39.3 Å². The first-order valence-corrected chi connectivity index (χ1v) is 9.10. The van der Waals surface area contributed by atoms with Gasteiger partial charge in [0.25, 0.3) is 10.0 Å². The summed E-state index contributed by atoms with van der Waals surface area (Å²) in [5.41, 5.74) is 0.451. The van der Waals surface area contributed by atoms with Crippen molar-refractivity contribution in [3.63, 3.8) is 0 Å². The summed E-state index contributed by atoms with van der Waals surface area (Å²) in [7, 11) is -1.40. The van der Waals surface area contributed by atoms with Crippen LogP contribution in [0.1, 0.15) is 5.69 Å². The van der Waals surface area contributed by atoms with Crippen LogP contribution < -0.4 is 4.72 Å². The molecule has 0 unspecified atom stereocenters. The number of rotatable bonds is 5. The van der Waals surface area contributed by atoms with E-state index >= 15 is 0 Å². The normalized spacial score (nSPS) is 18.6. The molecule has 1 N–H and O–H groups in total. The van der Waals surface area contributed by atoms with E-state index in [1.54, 1.807) is 6.92 Å². The van der Waals surface area contributed by atoms with Gasteiger partial charge in [-0.15, -0.1) is 0 Å². The van der Waals surface area contributed by atoms with Crippen molar-refractivity contribution in [1.29, 1.82) is 0 Å². The number of hydrogen-bond donors (Lipinski definition) is 1. The Morgan fingerprint density at radius 2 is 2.00 bits per heavy atom. The molecule has 2 rings (SSSR count). The topological polar surface area (TPSA) is 65.5 Å². The van der Waals surface area contributed by atoms with Crippen molar-refractivity contribution >= 4 is 33.0 Å². The van der Waals surface area contributed by atoms with Crippen molar-refractivity contribution in [2.75, 3.05) is 46.3 Å². The highest BCUT2D eigenvalue weighted by atomic mass is 35.5. The molecular weight excluding hydrogens is 320 g/mol. The summed E-state index contributed by atoms with van der Waals surface area (Å²) in [6, 6.07) is 0. The predicted molar refractivity (Wildman–Crippen MR) is 81.0 cm³/mol. The average molecular weight is 339 g/mol. The Morgan fingerprint density at radius 3 is 2.55 bits per heavy atom. The number of aryl methyl sites for hydroxylation is 1. The largest absolute Gasteiger partial charge is 0.304 e. The molecule has 0 aliphatic carbocycles. The summed E-state index contributed by atoms with van der Waals surface area (Å²) < 4.78 is 27.3. The lowest BCUT2D eigenvalue weighted by molar-refractivity contribution is 0.156. The van der Waals surface area contributed by atoms with Crippen molar-refractivity contribution in [1.82, 2.24) is 19.5 Å². The number of thiazole rings is 1. The number of aromatic nitrogens is 1. The third-order valence-corrected chi connectivity index (χ3v) is 6.62. The summed E-state index contributed by atoms with van der Waals surface area (Å²) in [4.78, 5) is 8.46. The molecule has 0 spiro atoms. The third kappa shape index (κ3) is 4.12. The standard InChI is InChI=1S/C11H19ClN4O2S2/c1-9-10(19-11(12)14-9)20(17,18)13-3-4-16-7-5-15(2)6-8-16/h13H,3-8H2,1-2H3. The number of hydrogen-bond acceptors (Lipinski definition) is 6. The number of halogens is 1. The molecule has 0 atom stereocenters. The summed E-state index contributed by atoms with van der Waals surface area (Å²) in [5, 5.41) is 0. The molecule has 1 aliphatic heterocycles. The molecule has 0 bridgehead atoms. The smallest absolute Gasteiger partial charge is 0.252 e. The molecule has 1 aromatic heterocycles. The fraction of sp³-hybridized carbons (Fsp3) is 0.727. The maximum absolute atomic E-state index is 12.1. The molecule has 9 heteroatoms. The SMILES string of the molecule is Cc1nc(Cl)sc1S(=O)(=O)NCCN1CCN(C)CC1. The Morgan fingerprint density at radius 1 is 1.35 bits per heavy atom. The lowest BCUT2D eigenvalue weighted by atomic mass is 10.3. The Hall–Kier alpha value is -0.250. The van der Waals surface area contributed by atoms with Crippen molar-refractivity contribution in [3.05, 3.63) is 10.2 Å². The second-order valence-electron chi connectivity index (χ2n) is 4.88. The number of nitrogens with one attached hydrogen (secondary N) is 1. The number of nitrogens with zero attached hydrogens (tertiary/aromatic N) is 3. The first-order valence-electron chi connectivity index (χ1n) is 6.42. The second kappa shape index (κ2) is 6.67. The van der Waals surface area contributed by atoms with Crippen molar-refractivity contribution in [2.24, 2.45) is 0 Å². The number of likely N-dealkylation sites (N-methyl/N-ethyl adjacent to an activating group) is 1. The van der Waals surface area contributed by atoms with Crippen LogP contribution in [0.15, 0.2) is 4.21 Å². The van der Waals surface area contributed by atoms with E-state index in [4.69, 9.17) is 11.6 Å². The zero-order valence-electron chi connectivity index (χ0n) is 11.6. The maximum Gasteiger partial charge on any atom is 0.252 e. The number of sulfonamides is 1. The number of piperazine rings is 1. The van der Waals surface area contributed by atoms with Gasteiger partial charge in [-0.1, -0.05) is 22.9 Å². The zero-order chi connectivity index (χ0) is 14.8. The fourth-order valence-electron chi connectivity index (χ4n) is 2.08. The Kier molecular flexibility index (Phi) is 5.38. The fourth-order valence-corrected chi connectivity index (χ4v) is 4.88. The highest BCUT2D eigenvalue weighted by molar-refractivity contribution is 7.91. The van der Waals surface area contributed by atoms with Gasteiger partial charge in [-0.05, 0) is 14.0 Å².